The number of anilines is 1. The Balaban J connectivity index is 0.00000261. The van der Waals surface area contributed by atoms with Crippen molar-refractivity contribution in [2.45, 2.75) is 29.9 Å². The molecule has 0 saturated carbocycles. The zero-order chi connectivity index (χ0) is 18.6. The van der Waals surface area contributed by atoms with Crippen LogP contribution in [0.25, 0.3) is 0 Å². The Hall–Kier alpha value is -1.61. The Morgan fingerprint density at radius 3 is 2.44 bits per heavy atom. The number of nitrogens with one attached hydrogen (secondary N) is 1. The highest BCUT2D eigenvalue weighted by atomic mass is 35.5. The van der Waals surface area contributed by atoms with Crippen molar-refractivity contribution in [3.63, 3.8) is 0 Å². The number of hydrogen-bond donors (Lipinski definition) is 2. The highest BCUT2D eigenvalue weighted by Crippen LogP contribution is 2.27. The molecule has 3 rings (SSSR count). The van der Waals surface area contributed by atoms with E-state index >= 15 is 0 Å². The summed E-state index contributed by atoms with van der Waals surface area (Å²) < 4.78 is 26.9. The number of carbonyl (C=O) groups excluding carboxylic acids is 1. The standard InChI is InChI=1S/C18H23N3O3S2.ClH/c19-15-5-3-14(4-6-15)9-10-20-17(22)13-16-7-8-18(25-16)26(23,24)21-11-1-2-12-21;/h3-8H,1-2,9-13,19H2,(H,20,22);1H. The van der Waals surface area contributed by atoms with E-state index in [1.807, 2.05) is 24.3 Å². The Labute approximate surface area is 170 Å². The number of sulfonamides is 1. The van der Waals surface area contributed by atoms with Gasteiger partial charge in [0.05, 0.1) is 6.42 Å². The third-order valence-electron chi connectivity index (χ3n) is 4.35. The van der Waals surface area contributed by atoms with Gasteiger partial charge < -0.3 is 11.1 Å². The van der Waals surface area contributed by atoms with Crippen molar-refractivity contribution in [3.05, 3.63) is 46.8 Å². The summed E-state index contributed by atoms with van der Waals surface area (Å²) in [5.74, 6) is -0.104. The normalized spacial score (nSPS) is 14.7. The number of nitrogens with two attached hydrogens (primary N) is 1. The summed E-state index contributed by atoms with van der Waals surface area (Å²) in [6.07, 6.45) is 2.74. The molecule has 0 atom stereocenters. The van der Waals surface area contributed by atoms with Gasteiger partial charge in [-0.25, -0.2) is 8.42 Å². The van der Waals surface area contributed by atoms with Gasteiger partial charge in [0.25, 0.3) is 10.0 Å². The van der Waals surface area contributed by atoms with Crippen molar-refractivity contribution in [2.75, 3.05) is 25.4 Å². The van der Waals surface area contributed by atoms with E-state index in [1.54, 1.807) is 12.1 Å². The van der Waals surface area contributed by atoms with Crippen LogP contribution in [0.4, 0.5) is 5.69 Å². The van der Waals surface area contributed by atoms with Crippen LogP contribution in [0, 0.1) is 0 Å². The van der Waals surface area contributed by atoms with Gasteiger partial charge in [-0.05, 0) is 49.1 Å². The lowest BCUT2D eigenvalue weighted by Gasteiger charge is -2.13. The van der Waals surface area contributed by atoms with Gasteiger partial charge in [-0.1, -0.05) is 12.1 Å². The number of hydrogen-bond acceptors (Lipinski definition) is 5. The van der Waals surface area contributed by atoms with Crippen molar-refractivity contribution in [1.82, 2.24) is 9.62 Å². The molecule has 3 N–H and O–H groups in total. The van der Waals surface area contributed by atoms with Crippen LogP contribution >= 0.6 is 23.7 Å². The first-order valence-corrected chi connectivity index (χ1v) is 10.9. The summed E-state index contributed by atoms with van der Waals surface area (Å²) in [5, 5.41) is 2.87. The Kier molecular flexibility index (Phi) is 7.67. The molecule has 1 aliphatic heterocycles. The van der Waals surface area contributed by atoms with Crippen LogP contribution in [0.1, 0.15) is 23.3 Å². The average Bonchev–Trinajstić information content (AvgIpc) is 3.29. The minimum Gasteiger partial charge on any atom is -0.399 e. The third-order valence-corrected chi connectivity index (χ3v) is 7.80. The van der Waals surface area contributed by atoms with Crippen molar-refractivity contribution < 1.29 is 13.2 Å². The molecule has 0 radical (unpaired) electrons. The summed E-state index contributed by atoms with van der Waals surface area (Å²) in [6.45, 7) is 1.70. The highest BCUT2D eigenvalue weighted by molar-refractivity contribution is 7.91. The summed E-state index contributed by atoms with van der Waals surface area (Å²) >= 11 is 1.18. The van der Waals surface area contributed by atoms with Gasteiger partial charge in [0, 0.05) is 30.2 Å². The molecule has 1 aliphatic rings. The number of amides is 1. The SMILES string of the molecule is Cl.Nc1ccc(CCNC(=O)Cc2ccc(S(=O)(=O)N3CCCC3)s2)cc1. The predicted octanol–water partition coefficient (Wildman–Crippen LogP) is 2.44. The first-order valence-electron chi connectivity index (χ1n) is 8.65. The molecular weight excluding hydrogens is 406 g/mol. The van der Waals surface area contributed by atoms with Gasteiger partial charge in [0.2, 0.25) is 5.91 Å². The van der Waals surface area contributed by atoms with Crippen molar-refractivity contribution in [2.24, 2.45) is 0 Å². The number of benzene rings is 1. The molecule has 6 nitrogen and oxygen atoms in total. The summed E-state index contributed by atoms with van der Waals surface area (Å²) in [4.78, 5) is 12.8. The van der Waals surface area contributed by atoms with E-state index in [2.05, 4.69) is 5.32 Å². The van der Waals surface area contributed by atoms with E-state index in [1.165, 1.54) is 15.6 Å². The van der Waals surface area contributed by atoms with Crippen LogP contribution in [-0.2, 0) is 27.7 Å². The van der Waals surface area contributed by atoms with E-state index in [4.69, 9.17) is 5.73 Å². The van der Waals surface area contributed by atoms with E-state index in [0.29, 0.717) is 23.8 Å². The Morgan fingerprint density at radius 2 is 1.78 bits per heavy atom. The molecular formula is C18H24ClN3O3S2. The maximum Gasteiger partial charge on any atom is 0.252 e. The van der Waals surface area contributed by atoms with Crippen LogP contribution in [0.15, 0.2) is 40.6 Å². The lowest BCUT2D eigenvalue weighted by molar-refractivity contribution is -0.120. The quantitative estimate of drug-likeness (QED) is 0.661. The van der Waals surface area contributed by atoms with Gasteiger partial charge in [-0.3, -0.25) is 4.79 Å². The first-order chi connectivity index (χ1) is 12.4. The second kappa shape index (κ2) is 9.54. The summed E-state index contributed by atoms with van der Waals surface area (Å²) in [5.41, 5.74) is 7.47. The number of halogens is 1. The smallest absolute Gasteiger partial charge is 0.252 e. The van der Waals surface area contributed by atoms with Crippen molar-refractivity contribution in [3.8, 4) is 0 Å². The van der Waals surface area contributed by atoms with Crippen LogP contribution in [0.2, 0.25) is 0 Å². The summed E-state index contributed by atoms with van der Waals surface area (Å²) in [6, 6.07) is 10.9. The molecule has 2 heterocycles. The lowest BCUT2D eigenvalue weighted by atomic mass is 10.1. The fraction of sp³-hybridized carbons (Fsp3) is 0.389. The second-order valence-electron chi connectivity index (χ2n) is 6.35. The van der Waals surface area contributed by atoms with E-state index < -0.39 is 10.0 Å². The minimum absolute atomic E-state index is 0. The number of rotatable bonds is 7. The highest BCUT2D eigenvalue weighted by Gasteiger charge is 2.28. The minimum atomic E-state index is -3.40. The molecule has 1 aromatic heterocycles. The maximum atomic E-state index is 12.5. The number of nitrogen functional groups attached to an aromatic ring is 1. The van der Waals surface area contributed by atoms with E-state index in [9.17, 15) is 13.2 Å². The zero-order valence-electron chi connectivity index (χ0n) is 14.9. The largest absolute Gasteiger partial charge is 0.399 e. The molecule has 2 aromatic rings. The molecule has 148 valence electrons. The van der Waals surface area contributed by atoms with Gasteiger partial charge in [-0.15, -0.1) is 23.7 Å². The van der Waals surface area contributed by atoms with E-state index in [0.717, 1.165) is 35.4 Å². The fourth-order valence-electron chi connectivity index (χ4n) is 2.90. The van der Waals surface area contributed by atoms with Crippen LogP contribution < -0.4 is 11.1 Å². The van der Waals surface area contributed by atoms with Gasteiger partial charge >= 0.3 is 0 Å². The number of thiophene rings is 1. The Morgan fingerprint density at radius 1 is 1.11 bits per heavy atom. The van der Waals surface area contributed by atoms with Crippen LogP contribution in [0.3, 0.4) is 0 Å². The van der Waals surface area contributed by atoms with Gasteiger partial charge in [-0.2, -0.15) is 4.31 Å². The molecule has 1 fully saturated rings. The van der Waals surface area contributed by atoms with Crippen LogP contribution in [-0.4, -0.2) is 38.3 Å². The average molecular weight is 430 g/mol. The molecule has 1 saturated heterocycles. The summed E-state index contributed by atoms with van der Waals surface area (Å²) in [7, 11) is -3.40. The van der Waals surface area contributed by atoms with Crippen LogP contribution in [0.5, 0.6) is 0 Å². The molecule has 1 amide bonds. The predicted molar refractivity (Wildman–Crippen MR) is 111 cm³/mol. The molecule has 9 heteroatoms. The molecule has 27 heavy (non-hydrogen) atoms. The zero-order valence-corrected chi connectivity index (χ0v) is 17.3. The lowest BCUT2D eigenvalue weighted by Crippen LogP contribution is -2.27. The molecule has 0 unspecified atom stereocenters. The number of nitrogens with zero attached hydrogens (tertiary/aromatic N) is 1. The second-order valence-corrected chi connectivity index (χ2v) is 9.68. The Bertz CT molecular complexity index is 860. The molecule has 0 aliphatic carbocycles. The molecule has 0 spiro atoms. The van der Waals surface area contributed by atoms with Gasteiger partial charge in [0.1, 0.15) is 4.21 Å². The fourth-order valence-corrected chi connectivity index (χ4v) is 5.92. The van der Waals surface area contributed by atoms with Gasteiger partial charge in [0.15, 0.2) is 0 Å². The van der Waals surface area contributed by atoms with E-state index in [-0.39, 0.29) is 24.7 Å². The maximum absolute atomic E-state index is 12.5. The topological polar surface area (TPSA) is 92.5 Å². The molecule has 1 aromatic carbocycles. The van der Waals surface area contributed by atoms with Crippen molar-refractivity contribution >= 4 is 45.4 Å². The number of carbonyl (C=O) groups is 1. The monoisotopic (exact) mass is 429 g/mol. The first kappa shape index (κ1) is 21.7. The molecule has 0 bridgehead atoms. The third kappa shape index (κ3) is 5.68. The van der Waals surface area contributed by atoms with Crippen molar-refractivity contribution in [1.29, 1.82) is 0 Å².